The van der Waals surface area contributed by atoms with Gasteiger partial charge in [0, 0.05) is 17.2 Å². The lowest BCUT2D eigenvalue weighted by Crippen LogP contribution is -2.38. The van der Waals surface area contributed by atoms with E-state index in [2.05, 4.69) is 11.9 Å². The first kappa shape index (κ1) is 14.3. The van der Waals surface area contributed by atoms with Gasteiger partial charge in [-0.2, -0.15) is 0 Å². The number of nitrogens with zero attached hydrogens (tertiary/aromatic N) is 1. The maximum atomic E-state index is 5.77. The standard InChI is InChI=1S/C15H23NO3/c1-9-11(3)16-14(17-6)10(2)13(9)12-7-18-15(4,5)19-8-12/h12H,7-8H2,1-6H3. The van der Waals surface area contributed by atoms with E-state index < -0.39 is 5.79 Å². The number of aromatic nitrogens is 1. The highest BCUT2D eigenvalue weighted by atomic mass is 16.7. The number of rotatable bonds is 2. The molecule has 1 fully saturated rings. The molecule has 0 N–H and O–H groups in total. The van der Waals surface area contributed by atoms with Crippen LogP contribution in [0.5, 0.6) is 5.88 Å². The van der Waals surface area contributed by atoms with Crippen LogP contribution in [0.4, 0.5) is 0 Å². The number of aryl methyl sites for hydroxylation is 1. The van der Waals surface area contributed by atoms with E-state index in [1.165, 1.54) is 11.1 Å². The third-order valence-corrected chi connectivity index (χ3v) is 3.81. The van der Waals surface area contributed by atoms with Gasteiger partial charge in [0.05, 0.1) is 20.3 Å². The molecule has 2 heterocycles. The summed E-state index contributed by atoms with van der Waals surface area (Å²) in [6.45, 7) is 11.4. The van der Waals surface area contributed by atoms with E-state index in [-0.39, 0.29) is 5.92 Å². The van der Waals surface area contributed by atoms with Gasteiger partial charge in [0.1, 0.15) is 0 Å². The maximum absolute atomic E-state index is 5.77. The van der Waals surface area contributed by atoms with Gasteiger partial charge in [0.25, 0.3) is 0 Å². The Balaban J connectivity index is 2.37. The molecular formula is C15H23NO3. The van der Waals surface area contributed by atoms with E-state index in [4.69, 9.17) is 14.2 Å². The summed E-state index contributed by atoms with van der Waals surface area (Å²) in [5.41, 5.74) is 4.54. The Morgan fingerprint density at radius 3 is 2.21 bits per heavy atom. The number of hydrogen-bond acceptors (Lipinski definition) is 4. The summed E-state index contributed by atoms with van der Waals surface area (Å²) in [6.07, 6.45) is 0. The number of pyridine rings is 1. The van der Waals surface area contributed by atoms with Crippen LogP contribution in [0.25, 0.3) is 0 Å². The molecule has 1 aliphatic heterocycles. The van der Waals surface area contributed by atoms with Crippen molar-refractivity contribution < 1.29 is 14.2 Å². The zero-order valence-corrected chi connectivity index (χ0v) is 12.7. The Morgan fingerprint density at radius 2 is 1.68 bits per heavy atom. The lowest BCUT2D eigenvalue weighted by atomic mass is 9.91. The number of ether oxygens (including phenoxy) is 3. The first-order valence-corrected chi connectivity index (χ1v) is 6.65. The van der Waals surface area contributed by atoms with Crippen molar-refractivity contribution in [3.05, 3.63) is 22.4 Å². The molecular weight excluding hydrogens is 242 g/mol. The summed E-state index contributed by atoms with van der Waals surface area (Å²) >= 11 is 0. The van der Waals surface area contributed by atoms with E-state index >= 15 is 0 Å². The van der Waals surface area contributed by atoms with Gasteiger partial charge in [-0.05, 0) is 45.7 Å². The molecule has 0 atom stereocenters. The monoisotopic (exact) mass is 265 g/mol. The van der Waals surface area contributed by atoms with Crippen molar-refractivity contribution in [2.24, 2.45) is 0 Å². The minimum atomic E-state index is -0.482. The van der Waals surface area contributed by atoms with Crippen molar-refractivity contribution in [1.82, 2.24) is 4.98 Å². The molecule has 1 aliphatic rings. The summed E-state index contributed by atoms with van der Waals surface area (Å²) in [5.74, 6) is 0.455. The zero-order chi connectivity index (χ0) is 14.2. The SMILES string of the molecule is COc1nc(C)c(C)c(C2COC(C)(C)OC2)c1C. The first-order chi connectivity index (χ1) is 8.85. The van der Waals surface area contributed by atoms with Crippen molar-refractivity contribution >= 4 is 0 Å². The van der Waals surface area contributed by atoms with E-state index in [0.717, 1.165) is 11.3 Å². The summed E-state index contributed by atoms with van der Waals surface area (Å²) in [5, 5.41) is 0. The molecule has 19 heavy (non-hydrogen) atoms. The normalized spacial score (nSPS) is 19.5. The molecule has 0 aromatic carbocycles. The Hall–Kier alpha value is -1.13. The molecule has 0 unspecified atom stereocenters. The molecule has 0 radical (unpaired) electrons. The molecule has 1 aromatic heterocycles. The third kappa shape index (κ3) is 2.74. The van der Waals surface area contributed by atoms with Crippen LogP contribution < -0.4 is 4.74 Å². The fourth-order valence-corrected chi connectivity index (χ4v) is 2.58. The molecule has 2 rings (SSSR count). The fraction of sp³-hybridized carbons (Fsp3) is 0.667. The second-order valence-corrected chi connectivity index (χ2v) is 5.59. The second kappa shape index (κ2) is 5.10. The second-order valence-electron chi connectivity index (χ2n) is 5.59. The first-order valence-electron chi connectivity index (χ1n) is 6.65. The van der Waals surface area contributed by atoms with Gasteiger partial charge in [-0.15, -0.1) is 0 Å². The Morgan fingerprint density at radius 1 is 1.11 bits per heavy atom. The van der Waals surface area contributed by atoms with Gasteiger partial charge >= 0.3 is 0 Å². The van der Waals surface area contributed by atoms with Crippen LogP contribution in [0, 0.1) is 20.8 Å². The molecule has 1 aromatic rings. The highest BCUT2D eigenvalue weighted by Crippen LogP contribution is 2.34. The minimum absolute atomic E-state index is 0.239. The van der Waals surface area contributed by atoms with Crippen molar-refractivity contribution in [1.29, 1.82) is 0 Å². The molecule has 0 bridgehead atoms. The summed E-state index contributed by atoms with van der Waals surface area (Å²) in [6, 6.07) is 0. The molecule has 0 amide bonds. The number of hydrogen-bond donors (Lipinski definition) is 0. The summed E-state index contributed by atoms with van der Waals surface area (Å²) < 4.78 is 16.9. The van der Waals surface area contributed by atoms with Gasteiger partial charge in [0.15, 0.2) is 5.79 Å². The Kier molecular flexibility index (Phi) is 3.83. The predicted molar refractivity (Wildman–Crippen MR) is 73.7 cm³/mol. The summed E-state index contributed by atoms with van der Waals surface area (Å²) in [7, 11) is 1.66. The third-order valence-electron chi connectivity index (χ3n) is 3.81. The lowest BCUT2D eigenvalue weighted by Gasteiger charge is -2.36. The van der Waals surface area contributed by atoms with Gasteiger partial charge in [-0.1, -0.05) is 0 Å². The van der Waals surface area contributed by atoms with E-state index in [1.54, 1.807) is 7.11 Å². The molecule has 0 saturated carbocycles. The van der Waals surface area contributed by atoms with Crippen LogP contribution in [-0.2, 0) is 9.47 Å². The summed E-state index contributed by atoms with van der Waals surface area (Å²) in [4.78, 5) is 4.47. The van der Waals surface area contributed by atoms with Crippen LogP contribution >= 0.6 is 0 Å². The van der Waals surface area contributed by atoms with Crippen molar-refractivity contribution in [3.63, 3.8) is 0 Å². The molecule has 1 saturated heterocycles. The molecule has 4 heteroatoms. The number of methoxy groups -OCH3 is 1. The largest absolute Gasteiger partial charge is 0.481 e. The van der Waals surface area contributed by atoms with Crippen LogP contribution in [0.2, 0.25) is 0 Å². The maximum Gasteiger partial charge on any atom is 0.216 e. The fourth-order valence-electron chi connectivity index (χ4n) is 2.58. The smallest absolute Gasteiger partial charge is 0.216 e. The average Bonchev–Trinajstić information content (AvgIpc) is 2.36. The van der Waals surface area contributed by atoms with E-state index in [1.807, 2.05) is 27.7 Å². The van der Waals surface area contributed by atoms with Gasteiger partial charge in [-0.25, -0.2) is 4.98 Å². The van der Waals surface area contributed by atoms with Crippen LogP contribution in [0.15, 0.2) is 0 Å². The molecule has 4 nitrogen and oxygen atoms in total. The Bertz CT molecular complexity index is 473. The van der Waals surface area contributed by atoms with Crippen LogP contribution in [0.1, 0.15) is 42.1 Å². The van der Waals surface area contributed by atoms with Crippen LogP contribution in [0.3, 0.4) is 0 Å². The van der Waals surface area contributed by atoms with Crippen molar-refractivity contribution in [2.45, 2.75) is 46.3 Å². The predicted octanol–water partition coefficient (Wildman–Crippen LogP) is 2.88. The lowest BCUT2D eigenvalue weighted by molar-refractivity contribution is -0.251. The van der Waals surface area contributed by atoms with Gasteiger partial charge < -0.3 is 14.2 Å². The average molecular weight is 265 g/mol. The van der Waals surface area contributed by atoms with Gasteiger partial charge in [0.2, 0.25) is 5.88 Å². The molecule has 0 spiro atoms. The molecule has 106 valence electrons. The zero-order valence-electron chi connectivity index (χ0n) is 12.7. The van der Waals surface area contributed by atoms with Crippen molar-refractivity contribution in [3.8, 4) is 5.88 Å². The van der Waals surface area contributed by atoms with E-state index in [0.29, 0.717) is 19.1 Å². The quantitative estimate of drug-likeness (QED) is 0.824. The van der Waals surface area contributed by atoms with E-state index in [9.17, 15) is 0 Å². The minimum Gasteiger partial charge on any atom is -0.481 e. The topological polar surface area (TPSA) is 40.6 Å². The van der Waals surface area contributed by atoms with Crippen LogP contribution in [-0.4, -0.2) is 31.1 Å². The highest BCUT2D eigenvalue weighted by Gasteiger charge is 2.31. The molecule has 0 aliphatic carbocycles. The van der Waals surface area contributed by atoms with Crippen molar-refractivity contribution in [2.75, 3.05) is 20.3 Å². The Labute approximate surface area is 115 Å². The highest BCUT2D eigenvalue weighted by molar-refractivity contribution is 5.44. The van der Waals surface area contributed by atoms with Gasteiger partial charge in [-0.3, -0.25) is 0 Å².